The van der Waals surface area contributed by atoms with Crippen molar-refractivity contribution in [1.82, 2.24) is 15.3 Å². The number of nitrogens with one attached hydrogen (secondary N) is 1. The lowest BCUT2D eigenvalue weighted by molar-refractivity contribution is 0.0858. The van der Waals surface area contributed by atoms with E-state index in [0.29, 0.717) is 5.92 Å². The number of hydrogen-bond acceptors (Lipinski definition) is 7. The lowest BCUT2D eigenvalue weighted by Crippen LogP contribution is -2.44. The highest BCUT2D eigenvalue weighted by Crippen LogP contribution is 2.48. The van der Waals surface area contributed by atoms with Gasteiger partial charge in [0.25, 0.3) is 0 Å². The molecule has 1 saturated carbocycles. The molecule has 0 saturated heterocycles. The van der Waals surface area contributed by atoms with Gasteiger partial charge in [-0.15, -0.1) is 11.3 Å². The van der Waals surface area contributed by atoms with Gasteiger partial charge in [0.1, 0.15) is 22.7 Å². The van der Waals surface area contributed by atoms with E-state index in [0.717, 1.165) is 74.3 Å². The first-order valence-electron chi connectivity index (χ1n) is 13.7. The van der Waals surface area contributed by atoms with Crippen molar-refractivity contribution in [1.29, 1.82) is 0 Å². The molecule has 1 aromatic carbocycles. The van der Waals surface area contributed by atoms with Gasteiger partial charge in [-0.1, -0.05) is 19.1 Å². The van der Waals surface area contributed by atoms with Crippen LogP contribution in [0, 0.1) is 0 Å². The summed E-state index contributed by atoms with van der Waals surface area (Å²) in [5.41, 5.74) is 2.62. The van der Waals surface area contributed by atoms with Gasteiger partial charge in [0.15, 0.2) is 0 Å². The molecule has 5 rings (SSSR count). The SMILES string of the molecule is CCC(C[C@H]1CCc2sc3ncnc(N(Cc4ccc(OC)cc4)C4CCC(NC(=O)O)CC4)c3c21)OC. The molecule has 8 nitrogen and oxygen atoms in total. The predicted octanol–water partition coefficient (Wildman–Crippen LogP) is 6.13. The largest absolute Gasteiger partial charge is 0.497 e. The Morgan fingerprint density at radius 3 is 2.58 bits per heavy atom. The number of aryl methyl sites for hydroxylation is 1. The number of fused-ring (bicyclic) bond motifs is 3. The molecule has 0 bridgehead atoms. The third-order valence-electron chi connectivity index (χ3n) is 8.30. The van der Waals surface area contributed by atoms with Crippen LogP contribution in [0.5, 0.6) is 5.75 Å². The summed E-state index contributed by atoms with van der Waals surface area (Å²) in [6.07, 6.45) is 8.73. The second-order valence-electron chi connectivity index (χ2n) is 10.5. The molecule has 0 aliphatic heterocycles. The van der Waals surface area contributed by atoms with Crippen LogP contribution in [0.15, 0.2) is 30.6 Å². The van der Waals surface area contributed by atoms with Crippen molar-refractivity contribution in [2.24, 2.45) is 0 Å². The normalized spacial score (nSPS) is 21.7. The number of carbonyl (C=O) groups is 1. The number of nitrogens with zero attached hydrogens (tertiary/aromatic N) is 3. The Morgan fingerprint density at radius 2 is 1.92 bits per heavy atom. The molecule has 204 valence electrons. The van der Waals surface area contributed by atoms with E-state index in [1.165, 1.54) is 21.4 Å². The number of hydrogen-bond donors (Lipinski definition) is 2. The summed E-state index contributed by atoms with van der Waals surface area (Å²) in [5, 5.41) is 13.1. The summed E-state index contributed by atoms with van der Waals surface area (Å²) < 4.78 is 11.2. The minimum Gasteiger partial charge on any atom is -0.497 e. The first-order valence-corrected chi connectivity index (χ1v) is 14.5. The number of ether oxygens (including phenoxy) is 2. The minimum absolute atomic E-state index is 0.00630. The lowest BCUT2D eigenvalue weighted by atomic mass is 9.89. The molecule has 2 aliphatic carbocycles. The zero-order valence-corrected chi connectivity index (χ0v) is 23.3. The summed E-state index contributed by atoms with van der Waals surface area (Å²) in [4.78, 5) is 25.8. The van der Waals surface area contributed by atoms with Crippen molar-refractivity contribution in [3.63, 3.8) is 0 Å². The van der Waals surface area contributed by atoms with Gasteiger partial charge >= 0.3 is 6.09 Å². The molecule has 0 spiro atoms. The fourth-order valence-electron chi connectivity index (χ4n) is 6.26. The molecule has 2 N–H and O–H groups in total. The molecule has 1 amide bonds. The maximum Gasteiger partial charge on any atom is 0.404 e. The van der Waals surface area contributed by atoms with Crippen molar-refractivity contribution >= 4 is 33.5 Å². The van der Waals surface area contributed by atoms with Crippen LogP contribution in [-0.2, 0) is 17.7 Å². The average Bonchev–Trinajstić information content (AvgIpc) is 3.50. The highest BCUT2D eigenvalue weighted by Gasteiger charge is 2.34. The van der Waals surface area contributed by atoms with E-state index in [1.54, 1.807) is 13.4 Å². The number of carboxylic acid groups (broad SMARTS) is 1. The quantitative estimate of drug-likeness (QED) is 0.320. The maximum absolute atomic E-state index is 11.2. The van der Waals surface area contributed by atoms with Crippen molar-refractivity contribution < 1.29 is 19.4 Å². The monoisotopic (exact) mass is 538 g/mol. The standard InChI is InChI=1S/C29H38N4O4S/c1-4-22(36-2)15-19-7-14-24-25(19)26-27(30-17-31-28(26)38-24)33(16-18-5-12-23(37-3)13-6-18)21-10-8-20(9-11-21)32-29(34)35/h5-6,12-13,17,19-22,32H,4,7-11,14-16H2,1-3H3,(H,34,35)/t19-,20?,21?,22?/m1/s1. The minimum atomic E-state index is -0.942. The van der Waals surface area contributed by atoms with Gasteiger partial charge in [0, 0.05) is 30.6 Å². The first kappa shape index (κ1) is 26.7. The second kappa shape index (κ2) is 11.9. The molecule has 2 aromatic heterocycles. The van der Waals surface area contributed by atoms with Gasteiger partial charge in [-0.05, 0) is 80.5 Å². The van der Waals surface area contributed by atoms with E-state index in [-0.39, 0.29) is 18.2 Å². The van der Waals surface area contributed by atoms with Crippen LogP contribution in [-0.4, -0.2) is 53.6 Å². The summed E-state index contributed by atoms with van der Waals surface area (Å²) in [6, 6.07) is 8.52. The first-order chi connectivity index (χ1) is 18.5. The third kappa shape index (κ3) is 5.59. The molecular weight excluding hydrogens is 500 g/mol. The Morgan fingerprint density at radius 1 is 1.16 bits per heavy atom. The third-order valence-corrected chi connectivity index (χ3v) is 9.47. The Bertz CT molecular complexity index is 1240. The van der Waals surface area contributed by atoms with Crippen LogP contribution in [0.3, 0.4) is 0 Å². The summed E-state index contributed by atoms with van der Waals surface area (Å²) in [5.74, 6) is 2.30. The number of anilines is 1. The van der Waals surface area contributed by atoms with Gasteiger partial charge in [-0.3, -0.25) is 0 Å². The molecule has 2 heterocycles. The van der Waals surface area contributed by atoms with Crippen LogP contribution in [0.1, 0.15) is 73.8 Å². The molecule has 2 atom stereocenters. The maximum atomic E-state index is 11.2. The zero-order valence-electron chi connectivity index (χ0n) is 22.5. The van der Waals surface area contributed by atoms with E-state index in [9.17, 15) is 9.90 Å². The number of aromatic nitrogens is 2. The summed E-state index contributed by atoms with van der Waals surface area (Å²) in [6.45, 7) is 2.92. The second-order valence-corrected chi connectivity index (χ2v) is 11.6. The average molecular weight is 539 g/mol. The molecule has 9 heteroatoms. The topological polar surface area (TPSA) is 96.8 Å². The smallest absolute Gasteiger partial charge is 0.404 e. The summed E-state index contributed by atoms with van der Waals surface area (Å²) >= 11 is 1.82. The van der Waals surface area contributed by atoms with Crippen LogP contribution in [0.4, 0.5) is 10.6 Å². The number of rotatable bonds is 10. The van der Waals surface area contributed by atoms with E-state index in [4.69, 9.17) is 19.4 Å². The van der Waals surface area contributed by atoms with Crippen LogP contribution >= 0.6 is 11.3 Å². The molecule has 0 radical (unpaired) electrons. The van der Waals surface area contributed by atoms with E-state index in [1.807, 2.05) is 30.6 Å². The van der Waals surface area contributed by atoms with Crippen LogP contribution in [0.2, 0.25) is 0 Å². The van der Waals surface area contributed by atoms with Gasteiger partial charge in [-0.25, -0.2) is 14.8 Å². The van der Waals surface area contributed by atoms with Gasteiger partial charge in [0.05, 0.1) is 18.6 Å². The fraction of sp³-hybridized carbons (Fsp3) is 0.552. The highest BCUT2D eigenvalue weighted by molar-refractivity contribution is 7.19. The number of amides is 1. The predicted molar refractivity (Wildman–Crippen MR) is 151 cm³/mol. The number of methoxy groups -OCH3 is 2. The van der Waals surface area contributed by atoms with Gasteiger partial charge in [-0.2, -0.15) is 0 Å². The van der Waals surface area contributed by atoms with Crippen molar-refractivity contribution in [3.05, 3.63) is 46.6 Å². The van der Waals surface area contributed by atoms with Gasteiger partial charge < -0.3 is 24.8 Å². The van der Waals surface area contributed by atoms with Crippen LogP contribution < -0.4 is 15.0 Å². The van der Waals surface area contributed by atoms with Crippen LogP contribution in [0.25, 0.3) is 10.2 Å². The Balaban J connectivity index is 1.52. The van der Waals surface area contributed by atoms with E-state index in [2.05, 4.69) is 29.3 Å². The van der Waals surface area contributed by atoms with Crippen molar-refractivity contribution in [2.45, 2.75) is 88.9 Å². The van der Waals surface area contributed by atoms with E-state index < -0.39 is 6.09 Å². The molecule has 1 unspecified atom stereocenters. The Hall–Kier alpha value is -2.91. The Kier molecular flexibility index (Phi) is 8.33. The molecule has 2 aliphatic rings. The fourth-order valence-corrected chi connectivity index (χ4v) is 7.50. The molecule has 1 fully saturated rings. The molecule has 3 aromatic rings. The summed E-state index contributed by atoms with van der Waals surface area (Å²) in [7, 11) is 3.50. The molecule has 38 heavy (non-hydrogen) atoms. The van der Waals surface area contributed by atoms with Crippen molar-refractivity contribution in [2.75, 3.05) is 19.1 Å². The molecular formula is C29H38N4O4S. The van der Waals surface area contributed by atoms with E-state index >= 15 is 0 Å². The number of benzene rings is 1. The number of thiophene rings is 1. The lowest BCUT2D eigenvalue weighted by Gasteiger charge is -2.38. The zero-order chi connectivity index (χ0) is 26.6. The highest BCUT2D eigenvalue weighted by atomic mass is 32.1. The Labute approximate surface area is 228 Å². The van der Waals surface area contributed by atoms with Gasteiger partial charge in [0.2, 0.25) is 0 Å². The van der Waals surface area contributed by atoms with Crippen molar-refractivity contribution in [3.8, 4) is 5.75 Å².